The largest absolute Gasteiger partial charge is 0.432 e. The normalized spacial score (nSPS) is 18.6. The van der Waals surface area contributed by atoms with E-state index in [4.69, 9.17) is 9.47 Å². The molecule has 9 atom stereocenters. The smallest absolute Gasteiger partial charge is 0.245 e. The quantitative estimate of drug-likeness (QED) is 0.0725. The summed E-state index contributed by atoms with van der Waals surface area (Å²) in [5, 5.41) is 12.0. The lowest BCUT2D eigenvalue weighted by Crippen LogP contribution is -2.59. The summed E-state index contributed by atoms with van der Waals surface area (Å²) in [6, 6.07) is 7.20. The molecule has 1 heterocycles. The molecule has 336 valence electrons. The molecular weight excluding hydrogens is 769 g/mol. The first-order valence-electron chi connectivity index (χ1n) is 21.7. The molecule has 1 fully saturated rings. The topological polar surface area (TPSA) is 179 Å². The van der Waals surface area contributed by atoms with Crippen molar-refractivity contribution in [1.82, 2.24) is 31.1 Å². The van der Waals surface area contributed by atoms with E-state index in [1.807, 2.05) is 85.0 Å². The maximum Gasteiger partial charge on any atom is 0.245 e. The van der Waals surface area contributed by atoms with Gasteiger partial charge < -0.3 is 45.3 Å². The van der Waals surface area contributed by atoms with E-state index in [0.29, 0.717) is 38.4 Å². The molecule has 0 spiro atoms. The molecule has 14 nitrogen and oxygen atoms in total. The van der Waals surface area contributed by atoms with E-state index in [-0.39, 0.29) is 53.7 Å². The Morgan fingerprint density at radius 1 is 0.915 bits per heavy atom. The molecule has 2 rings (SSSR count). The molecule has 0 unspecified atom stereocenters. The fourth-order valence-electron chi connectivity index (χ4n) is 8.27. The number of rotatable bonds is 25. The molecule has 1 aromatic carbocycles. The number of carbonyl (C=O) groups excluding carboxylic acids is 5. The van der Waals surface area contributed by atoms with E-state index >= 15 is 0 Å². The van der Waals surface area contributed by atoms with Gasteiger partial charge in [0.15, 0.2) is 8.32 Å². The number of methoxy groups -OCH3 is 2. The number of ether oxygens (including phenoxy) is 2. The third kappa shape index (κ3) is 15.6. The number of carbonyl (C=O) groups is 5. The molecule has 1 aliphatic heterocycles. The Morgan fingerprint density at radius 3 is 2.07 bits per heavy atom. The molecule has 0 aromatic heterocycles. The second-order valence-electron chi connectivity index (χ2n) is 17.8. The molecule has 1 saturated heterocycles. The summed E-state index contributed by atoms with van der Waals surface area (Å²) in [5.41, 5.74) is 0.897. The molecular formula is C44H78N6O8Si. The minimum atomic E-state index is -2.26. The van der Waals surface area contributed by atoms with E-state index in [1.54, 1.807) is 37.9 Å². The van der Waals surface area contributed by atoms with E-state index in [9.17, 15) is 28.8 Å². The Labute approximate surface area is 355 Å². The molecule has 59 heavy (non-hydrogen) atoms. The van der Waals surface area contributed by atoms with Gasteiger partial charge in [-0.05, 0) is 68.8 Å². The third-order valence-electron chi connectivity index (χ3n) is 11.9. The standard InChI is InChI=1S/C44H78N6O8Si/c1-14-30(6)39(49(9)44(55)38(29(4)5)48-43(54)37(45-8)28(2)3)35(57-10)27-36(51)50-24-18-22-34(50)40(58-11)31(7)41(52)47-33(26-32-20-16-15-17-21-32)42(53)46-23-19-25-59(12,13)56/h15-17,20-21,28-31,33-35,37-40,45,56H,14,18-19,22-27H2,1-13H3,(H,46,53)(H,47,52)(H,48,54)/t30-,31+,33-,34-,35+,37-,38-,39-,40+/m1/s1. The fraction of sp³-hybridized carbons (Fsp3) is 0.750. The van der Waals surface area contributed by atoms with Crippen molar-refractivity contribution in [2.75, 3.05) is 41.4 Å². The minimum Gasteiger partial charge on any atom is -0.432 e. The zero-order valence-corrected chi connectivity index (χ0v) is 39.3. The molecule has 5 amide bonds. The van der Waals surface area contributed by atoms with Crippen LogP contribution in [0.4, 0.5) is 0 Å². The lowest BCUT2D eigenvalue weighted by molar-refractivity contribution is -0.148. The Morgan fingerprint density at radius 2 is 1.54 bits per heavy atom. The molecule has 0 radical (unpaired) electrons. The molecule has 1 aromatic rings. The van der Waals surface area contributed by atoms with E-state index in [0.717, 1.165) is 18.4 Å². The highest BCUT2D eigenvalue weighted by molar-refractivity contribution is 6.69. The highest BCUT2D eigenvalue weighted by atomic mass is 28.4. The summed E-state index contributed by atoms with van der Waals surface area (Å²) in [6.07, 6.45) is 1.70. The van der Waals surface area contributed by atoms with Crippen LogP contribution in [0.25, 0.3) is 0 Å². The van der Waals surface area contributed by atoms with Crippen LogP contribution in [0.2, 0.25) is 19.1 Å². The summed E-state index contributed by atoms with van der Waals surface area (Å²) >= 11 is 0. The number of hydrogen-bond acceptors (Lipinski definition) is 9. The SMILES string of the molecule is CC[C@@H](C)[C@H]([C@H](CC(=O)N1CCC[C@@H]1[C@@H](OC)[C@H](C)C(=O)N[C@H](Cc1ccccc1)C(=O)NCCC[Si](C)(C)O)OC)N(C)C(=O)[C@H](NC(=O)[C@H](NC)C(C)C)C(C)C. The van der Waals surface area contributed by atoms with E-state index in [2.05, 4.69) is 21.3 Å². The second-order valence-corrected chi connectivity index (χ2v) is 21.9. The van der Waals surface area contributed by atoms with Crippen molar-refractivity contribution in [3.63, 3.8) is 0 Å². The van der Waals surface area contributed by atoms with Gasteiger partial charge in [-0.15, -0.1) is 0 Å². The summed E-state index contributed by atoms with van der Waals surface area (Å²) in [7, 11) is 4.28. The van der Waals surface area contributed by atoms with Crippen LogP contribution in [0.1, 0.15) is 86.1 Å². The summed E-state index contributed by atoms with van der Waals surface area (Å²) in [5.74, 6) is -2.24. The molecule has 0 saturated carbocycles. The first-order chi connectivity index (χ1) is 27.7. The summed E-state index contributed by atoms with van der Waals surface area (Å²) in [6.45, 7) is 18.1. The first kappa shape index (κ1) is 51.8. The number of hydrogen-bond donors (Lipinski definition) is 5. The highest BCUT2D eigenvalue weighted by Crippen LogP contribution is 2.30. The lowest BCUT2D eigenvalue weighted by Gasteiger charge is -2.41. The summed E-state index contributed by atoms with van der Waals surface area (Å²) < 4.78 is 12.0. The van der Waals surface area contributed by atoms with Gasteiger partial charge >= 0.3 is 0 Å². The van der Waals surface area contributed by atoms with E-state index in [1.165, 1.54) is 7.11 Å². The Kier molecular flexibility index (Phi) is 21.7. The lowest BCUT2D eigenvalue weighted by atomic mass is 9.89. The number of amides is 5. The zero-order chi connectivity index (χ0) is 44.6. The van der Waals surface area contributed by atoms with Crippen molar-refractivity contribution in [2.24, 2.45) is 23.7 Å². The number of nitrogens with one attached hydrogen (secondary N) is 4. The Hall–Kier alpha value is -3.37. The molecule has 0 aliphatic carbocycles. The number of likely N-dealkylation sites (tertiary alicyclic amines) is 1. The highest BCUT2D eigenvalue weighted by Gasteiger charge is 2.43. The predicted molar refractivity (Wildman–Crippen MR) is 235 cm³/mol. The maximum absolute atomic E-state index is 14.3. The van der Waals surface area contributed by atoms with Gasteiger partial charge in [-0.1, -0.05) is 85.2 Å². The fourth-order valence-corrected chi connectivity index (χ4v) is 9.31. The van der Waals surface area contributed by atoms with Gasteiger partial charge in [0.05, 0.1) is 42.7 Å². The molecule has 1 aliphatic rings. The number of nitrogens with zero attached hydrogens (tertiary/aromatic N) is 2. The van der Waals surface area contributed by atoms with Crippen molar-refractivity contribution in [2.45, 2.75) is 149 Å². The van der Waals surface area contributed by atoms with Crippen LogP contribution in [0.15, 0.2) is 30.3 Å². The zero-order valence-electron chi connectivity index (χ0n) is 38.3. The van der Waals surface area contributed by atoms with Crippen LogP contribution < -0.4 is 21.3 Å². The van der Waals surface area contributed by atoms with Crippen molar-refractivity contribution >= 4 is 37.9 Å². The maximum atomic E-state index is 14.3. The third-order valence-corrected chi connectivity index (χ3v) is 13.5. The van der Waals surface area contributed by atoms with Crippen LogP contribution in [0.3, 0.4) is 0 Å². The van der Waals surface area contributed by atoms with Gasteiger partial charge in [-0.3, -0.25) is 24.0 Å². The van der Waals surface area contributed by atoms with Gasteiger partial charge in [-0.25, -0.2) is 0 Å². The molecule has 0 bridgehead atoms. The van der Waals surface area contributed by atoms with Crippen molar-refractivity contribution < 1.29 is 38.2 Å². The van der Waals surface area contributed by atoms with Crippen LogP contribution >= 0.6 is 0 Å². The van der Waals surface area contributed by atoms with Crippen molar-refractivity contribution in [3.05, 3.63) is 35.9 Å². The first-order valence-corrected chi connectivity index (χ1v) is 24.8. The van der Waals surface area contributed by atoms with Crippen molar-refractivity contribution in [3.8, 4) is 0 Å². The minimum absolute atomic E-state index is 0.000204. The van der Waals surface area contributed by atoms with Gasteiger partial charge in [0.25, 0.3) is 0 Å². The van der Waals surface area contributed by atoms with Crippen LogP contribution in [0, 0.1) is 23.7 Å². The molecule has 15 heteroatoms. The predicted octanol–water partition coefficient (Wildman–Crippen LogP) is 3.72. The van der Waals surface area contributed by atoms with Gasteiger partial charge in [0.2, 0.25) is 29.5 Å². The number of likely N-dealkylation sites (N-methyl/N-ethyl adjacent to an activating group) is 2. The van der Waals surface area contributed by atoms with Crippen LogP contribution in [0.5, 0.6) is 0 Å². The Bertz CT molecular complexity index is 1480. The monoisotopic (exact) mass is 847 g/mol. The van der Waals surface area contributed by atoms with Crippen LogP contribution in [-0.2, 0) is 39.9 Å². The Balaban J connectivity index is 2.28. The van der Waals surface area contributed by atoms with Gasteiger partial charge in [0.1, 0.15) is 12.1 Å². The molecule has 5 N–H and O–H groups in total. The average molecular weight is 847 g/mol. The van der Waals surface area contributed by atoms with Gasteiger partial charge in [-0.2, -0.15) is 0 Å². The second kappa shape index (κ2) is 24.8. The van der Waals surface area contributed by atoms with E-state index < -0.39 is 56.7 Å². The van der Waals surface area contributed by atoms with Crippen LogP contribution in [-0.4, -0.2) is 136 Å². The van der Waals surface area contributed by atoms with Crippen molar-refractivity contribution in [1.29, 1.82) is 0 Å². The van der Waals surface area contributed by atoms with Gasteiger partial charge in [0, 0.05) is 40.8 Å². The summed E-state index contributed by atoms with van der Waals surface area (Å²) in [4.78, 5) is 82.9. The number of benzene rings is 1. The average Bonchev–Trinajstić information content (AvgIpc) is 3.67.